The Balaban J connectivity index is 1.52. The van der Waals surface area contributed by atoms with Crippen LogP contribution in [0, 0.1) is 0 Å². The molecule has 2 amide bonds. The third-order valence-electron chi connectivity index (χ3n) is 6.51. The van der Waals surface area contributed by atoms with Crippen molar-refractivity contribution >= 4 is 44.0 Å². The first-order valence-electron chi connectivity index (χ1n) is 11.8. The Kier molecular flexibility index (Phi) is 6.21. The summed E-state index contributed by atoms with van der Waals surface area (Å²) in [6.45, 7) is 3.65. The number of hydrogen-bond donors (Lipinski definition) is 0. The second-order valence-electron chi connectivity index (χ2n) is 9.23. The summed E-state index contributed by atoms with van der Waals surface area (Å²) in [7, 11) is -3.32. The first-order chi connectivity index (χ1) is 17.6. The van der Waals surface area contributed by atoms with E-state index >= 15 is 0 Å². The number of nitrogens with zero attached hydrogens (tertiary/aromatic N) is 2. The fourth-order valence-electron chi connectivity index (χ4n) is 4.74. The van der Waals surface area contributed by atoms with Gasteiger partial charge in [-0.2, -0.15) is 0 Å². The van der Waals surface area contributed by atoms with Gasteiger partial charge in [-0.25, -0.2) is 13.2 Å². The van der Waals surface area contributed by atoms with E-state index in [0.717, 1.165) is 28.2 Å². The maximum absolute atomic E-state index is 13.4. The lowest BCUT2D eigenvalue weighted by atomic mass is 10.0. The van der Waals surface area contributed by atoms with Gasteiger partial charge in [0.1, 0.15) is 5.75 Å². The zero-order valence-electron chi connectivity index (χ0n) is 20.7. The molecule has 0 fully saturated rings. The van der Waals surface area contributed by atoms with Crippen LogP contribution in [0.15, 0.2) is 89.8 Å². The maximum Gasteiger partial charge on any atom is 0.419 e. The van der Waals surface area contributed by atoms with Gasteiger partial charge in [0, 0.05) is 19.7 Å². The largest absolute Gasteiger partial charge is 0.419 e. The van der Waals surface area contributed by atoms with E-state index in [-0.39, 0.29) is 23.4 Å². The molecule has 0 saturated heterocycles. The van der Waals surface area contributed by atoms with Crippen molar-refractivity contribution in [3.8, 4) is 16.9 Å². The molecule has 0 radical (unpaired) electrons. The van der Waals surface area contributed by atoms with Crippen molar-refractivity contribution in [1.29, 1.82) is 0 Å². The normalized spacial score (nSPS) is 15.4. The molecule has 0 aromatic heterocycles. The number of sulfone groups is 1. The molecule has 1 aliphatic rings. The maximum atomic E-state index is 13.4. The molecule has 0 N–H and O–H groups in total. The van der Waals surface area contributed by atoms with Crippen LogP contribution in [-0.2, 0) is 14.6 Å². The van der Waals surface area contributed by atoms with Crippen LogP contribution in [0.5, 0.6) is 5.75 Å². The Hall–Kier alpha value is -4.17. The topological polar surface area (TPSA) is 84.0 Å². The number of hydrogen-bond acceptors (Lipinski definition) is 5. The predicted octanol–water partition coefficient (Wildman–Crippen LogP) is 5.67. The van der Waals surface area contributed by atoms with Crippen molar-refractivity contribution < 1.29 is 22.7 Å². The highest BCUT2D eigenvalue weighted by atomic mass is 32.2. The summed E-state index contributed by atoms with van der Waals surface area (Å²) in [5.74, 6) is 0.306. The van der Waals surface area contributed by atoms with Crippen LogP contribution in [-0.4, -0.2) is 39.3 Å². The van der Waals surface area contributed by atoms with Gasteiger partial charge in [-0.3, -0.25) is 9.69 Å². The standard InChI is InChI=1S/C29H26N2O5S/c1-19-18-30(29(33)36-25-12-8-21-6-4-5-7-23(21)16-25)28-17-24(11-15-27(28)31(19)20(2)32)22-9-13-26(14-10-22)37(3,34)35/h4-17,19H,18H2,1-3H3. The third-order valence-corrected chi connectivity index (χ3v) is 7.64. The highest BCUT2D eigenvalue weighted by Crippen LogP contribution is 2.39. The van der Waals surface area contributed by atoms with Gasteiger partial charge in [-0.15, -0.1) is 0 Å². The third kappa shape index (κ3) is 4.80. The molecule has 188 valence electrons. The first-order valence-corrected chi connectivity index (χ1v) is 13.7. The summed E-state index contributed by atoms with van der Waals surface area (Å²) >= 11 is 0. The molecule has 0 saturated carbocycles. The van der Waals surface area contributed by atoms with Gasteiger partial charge in [0.25, 0.3) is 0 Å². The van der Waals surface area contributed by atoms with Crippen molar-refractivity contribution in [2.24, 2.45) is 0 Å². The molecule has 0 bridgehead atoms. The zero-order valence-corrected chi connectivity index (χ0v) is 21.5. The Morgan fingerprint density at radius 3 is 2.19 bits per heavy atom. The molecule has 0 spiro atoms. The monoisotopic (exact) mass is 514 g/mol. The Morgan fingerprint density at radius 1 is 0.838 bits per heavy atom. The van der Waals surface area contributed by atoms with E-state index in [1.165, 1.54) is 6.92 Å². The van der Waals surface area contributed by atoms with Crippen molar-refractivity contribution in [3.05, 3.63) is 84.9 Å². The molecule has 1 unspecified atom stereocenters. The number of ether oxygens (including phenoxy) is 1. The van der Waals surface area contributed by atoms with Crippen LogP contribution >= 0.6 is 0 Å². The van der Waals surface area contributed by atoms with E-state index in [2.05, 4.69) is 0 Å². The fourth-order valence-corrected chi connectivity index (χ4v) is 5.37. The van der Waals surface area contributed by atoms with E-state index in [4.69, 9.17) is 4.74 Å². The molecular weight excluding hydrogens is 488 g/mol. The van der Waals surface area contributed by atoms with Crippen molar-refractivity contribution in [3.63, 3.8) is 0 Å². The average Bonchev–Trinajstić information content (AvgIpc) is 2.87. The molecule has 7 nitrogen and oxygen atoms in total. The number of amides is 2. The van der Waals surface area contributed by atoms with Crippen LogP contribution in [0.4, 0.5) is 16.2 Å². The summed E-state index contributed by atoms with van der Waals surface area (Å²) < 4.78 is 29.5. The fraction of sp³-hybridized carbons (Fsp3) is 0.172. The van der Waals surface area contributed by atoms with Gasteiger partial charge in [-0.1, -0.05) is 48.5 Å². The molecule has 1 atom stereocenters. The minimum atomic E-state index is -3.32. The van der Waals surface area contributed by atoms with Gasteiger partial charge < -0.3 is 9.64 Å². The van der Waals surface area contributed by atoms with Crippen LogP contribution < -0.4 is 14.5 Å². The number of rotatable bonds is 3. The highest BCUT2D eigenvalue weighted by Gasteiger charge is 2.34. The molecule has 37 heavy (non-hydrogen) atoms. The van der Waals surface area contributed by atoms with Gasteiger partial charge in [0.2, 0.25) is 5.91 Å². The van der Waals surface area contributed by atoms with Gasteiger partial charge in [0.15, 0.2) is 9.84 Å². The molecule has 8 heteroatoms. The number of benzene rings is 4. The molecule has 0 aliphatic carbocycles. The predicted molar refractivity (Wildman–Crippen MR) is 145 cm³/mol. The summed E-state index contributed by atoms with van der Waals surface area (Å²) in [6.07, 6.45) is 0.619. The molecule has 5 rings (SSSR count). The zero-order chi connectivity index (χ0) is 26.3. The van der Waals surface area contributed by atoms with Crippen LogP contribution in [0.1, 0.15) is 13.8 Å². The SMILES string of the molecule is CC(=O)N1c2ccc(-c3ccc(S(C)(=O)=O)cc3)cc2N(C(=O)Oc2ccc3ccccc3c2)CC1C. The highest BCUT2D eigenvalue weighted by molar-refractivity contribution is 7.90. The summed E-state index contributed by atoms with van der Waals surface area (Å²) in [5, 5.41) is 2.01. The van der Waals surface area contributed by atoms with Crippen molar-refractivity contribution in [1.82, 2.24) is 0 Å². The Morgan fingerprint density at radius 2 is 1.51 bits per heavy atom. The number of carbonyl (C=O) groups excluding carboxylic acids is 2. The lowest BCUT2D eigenvalue weighted by Gasteiger charge is -2.40. The van der Waals surface area contributed by atoms with E-state index in [0.29, 0.717) is 17.1 Å². The smallest absolute Gasteiger partial charge is 0.410 e. The summed E-state index contributed by atoms with van der Waals surface area (Å²) in [6, 6.07) is 25.1. The van der Waals surface area contributed by atoms with Crippen LogP contribution in [0.25, 0.3) is 21.9 Å². The van der Waals surface area contributed by atoms with Gasteiger partial charge in [0.05, 0.1) is 22.3 Å². The quantitative estimate of drug-likeness (QED) is 0.352. The van der Waals surface area contributed by atoms with Gasteiger partial charge >= 0.3 is 6.09 Å². The van der Waals surface area contributed by atoms with Crippen LogP contribution in [0.3, 0.4) is 0 Å². The molecule has 4 aromatic rings. The van der Waals surface area contributed by atoms with E-state index in [1.54, 1.807) is 40.1 Å². The minimum Gasteiger partial charge on any atom is -0.410 e. The lowest BCUT2D eigenvalue weighted by Crippen LogP contribution is -2.52. The second-order valence-corrected chi connectivity index (χ2v) is 11.2. The average molecular weight is 515 g/mol. The van der Waals surface area contributed by atoms with Crippen LogP contribution in [0.2, 0.25) is 0 Å². The number of fused-ring (bicyclic) bond motifs is 2. The van der Waals surface area contributed by atoms with E-state index in [1.807, 2.05) is 61.5 Å². The Bertz CT molecular complexity index is 1630. The minimum absolute atomic E-state index is 0.124. The Labute approximate surface area is 215 Å². The van der Waals surface area contributed by atoms with E-state index < -0.39 is 15.9 Å². The van der Waals surface area contributed by atoms with E-state index in [9.17, 15) is 18.0 Å². The van der Waals surface area contributed by atoms with Crippen molar-refractivity contribution in [2.45, 2.75) is 24.8 Å². The summed E-state index contributed by atoms with van der Waals surface area (Å²) in [4.78, 5) is 29.4. The number of anilines is 2. The second kappa shape index (κ2) is 9.37. The summed E-state index contributed by atoms with van der Waals surface area (Å²) in [5.41, 5.74) is 2.72. The lowest BCUT2D eigenvalue weighted by molar-refractivity contribution is -0.117. The molecule has 1 heterocycles. The van der Waals surface area contributed by atoms with Gasteiger partial charge in [-0.05, 0) is 65.2 Å². The molecule has 4 aromatic carbocycles. The number of carbonyl (C=O) groups is 2. The molecule has 1 aliphatic heterocycles. The first kappa shape index (κ1) is 24.5. The molecular formula is C29H26N2O5S. The van der Waals surface area contributed by atoms with Crippen molar-refractivity contribution in [2.75, 3.05) is 22.6 Å².